The van der Waals surface area contributed by atoms with E-state index in [1.165, 1.54) is 21.5 Å². The molecule has 0 atom stereocenters. The van der Waals surface area contributed by atoms with Crippen molar-refractivity contribution in [1.82, 2.24) is 0 Å². The third kappa shape index (κ3) is 5.39. The third-order valence-electron chi connectivity index (χ3n) is 3.10. The van der Waals surface area contributed by atoms with Crippen molar-refractivity contribution in [3.05, 3.63) is 99.3 Å². The van der Waals surface area contributed by atoms with E-state index in [4.69, 9.17) is 0 Å². The van der Waals surface area contributed by atoms with Gasteiger partial charge in [-0.15, -0.1) is 59.3 Å². The maximum absolute atomic E-state index is 3.25. The van der Waals surface area contributed by atoms with Crippen LogP contribution in [0.25, 0.3) is 21.5 Å². The summed E-state index contributed by atoms with van der Waals surface area (Å²) in [4.78, 5) is 0. The van der Waals surface area contributed by atoms with Gasteiger partial charge in [0.25, 0.3) is 0 Å². The largest absolute Gasteiger partial charge is 4.00 e. The Bertz CT molecular complexity index is 620. The second kappa shape index (κ2) is 11.2. The molecule has 0 aliphatic heterocycles. The zero-order chi connectivity index (χ0) is 14.2. The Morgan fingerprint density at radius 1 is 0.636 bits per heavy atom. The van der Waals surface area contributed by atoms with Gasteiger partial charge in [-0.05, 0) is 0 Å². The summed E-state index contributed by atoms with van der Waals surface area (Å²) in [6.07, 6.45) is 0. The minimum absolute atomic E-state index is 0. The average Bonchev–Trinajstić information content (AvgIpc) is 3.18. The summed E-state index contributed by atoms with van der Waals surface area (Å²) >= 11 is 0. The molecular weight excluding hydrogens is 343 g/mol. The standard InChI is InChI=1S/2C9H7.C2H5.CH3.Zr/c2*1-2-5-9-7-3-6-8(9)4-1;1-2;;/h2*1-7H;1H2,2H3;1H3;/q4*-1;+4. The SMILES string of the molecule is [CH2-]C.[CH3-].[Zr+4].c1ccc2[cH-]ccc2c1.c1ccc2[cH-]ccc2c1. The van der Waals surface area contributed by atoms with Crippen molar-refractivity contribution >= 4 is 21.5 Å². The Labute approximate surface area is 153 Å². The molecule has 0 saturated carbocycles. The Hall–Kier alpha value is -1.46. The zero-order valence-electron chi connectivity index (χ0n) is 13.3. The van der Waals surface area contributed by atoms with Crippen LogP contribution in [0, 0.1) is 14.4 Å². The first-order valence-corrected chi connectivity index (χ1v) is 6.85. The van der Waals surface area contributed by atoms with Crippen LogP contribution in [-0.4, -0.2) is 0 Å². The van der Waals surface area contributed by atoms with E-state index < -0.39 is 0 Å². The molecular formula is C21H22Zr. The Balaban J connectivity index is 0.000000334. The molecule has 0 amide bonds. The van der Waals surface area contributed by atoms with E-state index in [0.717, 1.165) is 0 Å². The number of hydrogen-bond acceptors (Lipinski definition) is 0. The second-order valence-corrected chi connectivity index (χ2v) is 4.31. The van der Waals surface area contributed by atoms with Gasteiger partial charge in [-0.1, -0.05) is 12.1 Å². The number of fused-ring (bicyclic) bond motifs is 2. The van der Waals surface area contributed by atoms with Gasteiger partial charge >= 0.3 is 26.2 Å². The van der Waals surface area contributed by atoms with Crippen LogP contribution in [0.4, 0.5) is 0 Å². The molecule has 0 aliphatic carbocycles. The topological polar surface area (TPSA) is 0 Å². The van der Waals surface area contributed by atoms with Crippen LogP contribution < -0.4 is 0 Å². The van der Waals surface area contributed by atoms with Crippen LogP contribution in [0.5, 0.6) is 0 Å². The normalized spacial score (nSPS) is 8.64. The molecule has 22 heavy (non-hydrogen) atoms. The molecule has 0 spiro atoms. The number of rotatable bonds is 0. The molecule has 0 aliphatic rings. The van der Waals surface area contributed by atoms with Gasteiger partial charge in [0.05, 0.1) is 0 Å². The maximum Gasteiger partial charge on any atom is 4.00 e. The molecule has 0 aromatic heterocycles. The number of hydrogen-bond donors (Lipinski definition) is 0. The first-order chi connectivity index (χ1) is 9.93. The van der Waals surface area contributed by atoms with Crippen molar-refractivity contribution in [2.45, 2.75) is 6.92 Å². The van der Waals surface area contributed by atoms with E-state index in [-0.39, 0.29) is 33.6 Å². The van der Waals surface area contributed by atoms with Gasteiger partial charge in [-0.2, -0.15) is 42.0 Å². The van der Waals surface area contributed by atoms with E-state index in [9.17, 15) is 0 Å². The summed E-state index contributed by atoms with van der Waals surface area (Å²) in [5.74, 6) is 0. The fraction of sp³-hybridized carbons (Fsp3) is 0.0476. The van der Waals surface area contributed by atoms with E-state index >= 15 is 0 Å². The predicted molar refractivity (Wildman–Crippen MR) is 96.5 cm³/mol. The minimum Gasteiger partial charge on any atom is -0.358 e. The predicted octanol–water partition coefficient (Wildman–Crippen LogP) is 6.41. The van der Waals surface area contributed by atoms with Crippen LogP contribution in [0.15, 0.2) is 84.9 Å². The minimum atomic E-state index is 0. The Morgan fingerprint density at radius 2 is 1.00 bits per heavy atom. The fourth-order valence-corrected chi connectivity index (χ4v) is 2.14. The quantitative estimate of drug-likeness (QED) is 0.316. The van der Waals surface area contributed by atoms with E-state index in [2.05, 4.69) is 91.9 Å². The first-order valence-electron chi connectivity index (χ1n) is 6.85. The molecule has 0 saturated heterocycles. The first kappa shape index (κ1) is 20.5. The van der Waals surface area contributed by atoms with Gasteiger partial charge in [0.1, 0.15) is 0 Å². The van der Waals surface area contributed by atoms with Gasteiger partial charge in [0.15, 0.2) is 0 Å². The molecule has 0 bridgehead atoms. The van der Waals surface area contributed by atoms with Crippen LogP contribution in [0.2, 0.25) is 0 Å². The second-order valence-electron chi connectivity index (χ2n) is 4.31. The molecule has 0 unspecified atom stereocenters. The summed E-state index contributed by atoms with van der Waals surface area (Å²) < 4.78 is 0. The van der Waals surface area contributed by atoms with Gasteiger partial charge in [0, 0.05) is 0 Å². The van der Waals surface area contributed by atoms with Crippen molar-refractivity contribution in [2.75, 3.05) is 0 Å². The maximum atomic E-state index is 3.25. The average molecular weight is 366 g/mol. The van der Waals surface area contributed by atoms with Gasteiger partial charge in [-0.25, -0.2) is 0 Å². The molecule has 1 heteroatoms. The molecule has 0 N–H and O–H groups in total. The van der Waals surface area contributed by atoms with E-state index in [0.29, 0.717) is 0 Å². The zero-order valence-corrected chi connectivity index (χ0v) is 15.7. The summed E-state index contributed by atoms with van der Waals surface area (Å²) in [5, 5.41) is 5.32. The fourth-order valence-electron chi connectivity index (χ4n) is 2.14. The number of benzene rings is 2. The van der Waals surface area contributed by atoms with E-state index in [1.54, 1.807) is 6.92 Å². The van der Waals surface area contributed by atoms with Crippen molar-refractivity contribution in [2.24, 2.45) is 0 Å². The smallest absolute Gasteiger partial charge is 0.358 e. The van der Waals surface area contributed by atoms with Crippen molar-refractivity contribution in [3.63, 3.8) is 0 Å². The van der Waals surface area contributed by atoms with Gasteiger partial charge < -0.3 is 14.4 Å². The summed E-state index contributed by atoms with van der Waals surface area (Å²) in [6, 6.07) is 29.3. The Morgan fingerprint density at radius 3 is 1.36 bits per heavy atom. The van der Waals surface area contributed by atoms with Crippen LogP contribution in [0.1, 0.15) is 6.92 Å². The van der Waals surface area contributed by atoms with Crippen LogP contribution >= 0.6 is 0 Å². The monoisotopic (exact) mass is 364 g/mol. The Kier molecular flexibility index (Phi) is 10.4. The summed E-state index contributed by atoms with van der Waals surface area (Å²) in [6.45, 7) is 5.00. The molecule has 4 rings (SSSR count). The van der Waals surface area contributed by atoms with Gasteiger partial charge in [0.2, 0.25) is 0 Å². The molecule has 0 heterocycles. The van der Waals surface area contributed by atoms with E-state index in [1.807, 2.05) is 0 Å². The van der Waals surface area contributed by atoms with Crippen molar-refractivity contribution in [1.29, 1.82) is 0 Å². The molecule has 4 aromatic carbocycles. The molecule has 0 nitrogen and oxygen atoms in total. The van der Waals surface area contributed by atoms with Gasteiger partial charge in [-0.3, -0.25) is 0 Å². The van der Waals surface area contributed by atoms with Crippen molar-refractivity contribution in [3.8, 4) is 0 Å². The summed E-state index contributed by atoms with van der Waals surface area (Å²) in [5.41, 5.74) is 0. The molecule has 4 aromatic rings. The summed E-state index contributed by atoms with van der Waals surface area (Å²) in [7, 11) is 0. The molecule has 0 fully saturated rings. The van der Waals surface area contributed by atoms with Crippen molar-refractivity contribution < 1.29 is 26.2 Å². The third-order valence-corrected chi connectivity index (χ3v) is 3.10. The van der Waals surface area contributed by atoms with Crippen LogP contribution in [-0.2, 0) is 26.2 Å². The molecule has 0 radical (unpaired) electrons. The molecule has 110 valence electrons. The van der Waals surface area contributed by atoms with Crippen LogP contribution in [0.3, 0.4) is 0 Å².